The molecule has 1 N–H and O–H groups in total. The standard InChI is InChI=1S/C13H9ClF4N2O2S/c1-7-4-9(6-19-12(7)14)23(21,22)20-11-3-2-8(15)5-10(11)13(16,17)18/h2-6,20H,1H3. The molecule has 0 radical (unpaired) electrons. The van der Waals surface area contributed by atoms with Gasteiger partial charge in [0.15, 0.2) is 0 Å². The molecule has 1 aromatic carbocycles. The highest BCUT2D eigenvalue weighted by Crippen LogP contribution is 2.36. The molecule has 0 unspecified atom stereocenters. The fraction of sp³-hybridized carbons (Fsp3) is 0.154. The lowest BCUT2D eigenvalue weighted by molar-refractivity contribution is -0.137. The van der Waals surface area contributed by atoms with Gasteiger partial charge in [0.2, 0.25) is 0 Å². The van der Waals surface area contributed by atoms with Crippen molar-refractivity contribution in [2.75, 3.05) is 4.72 Å². The fourth-order valence-electron chi connectivity index (χ4n) is 1.72. The first-order valence-corrected chi connectivity index (χ1v) is 7.88. The van der Waals surface area contributed by atoms with E-state index in [1.807, 2.05) is 0 Å². The number of hydrogen-bond donors (Lipinski definition) is 1. The lowest BCUT2D eigenvalue weighted by Gasteiger charge is -2.15. The van der Waals surface area contributed by atoms with Crippen molar-refractivity contribution in [3.63, 3.8) is 0 Å². The number of pyridine rings is 1. The van der Waals surface area contributed by atoms with Gasteiger partial charge in [-0.3, -0.25) is 4.72 Å². The van der Waals surface area contributed by atoms with Gasteiger partial charge >= 0.3 is 6.18 Å². The number of alkyl halides is 3. The highest BCUT2D eigenvalue weighted by Gasteiger charge is 2.35. The Balaban J connectivity index is 2.47. The molecule has 2 aromatic rings. The quantitative estimate of drug-likeness (QED) is 0.658. The van der Waals surface area contributed by atoms with E-state index in [-0.39, 0.29) is 16.1 Å². The van der Waals surface area contributed by atoms with Crippen LogP contribution in [-0.2, 0) is 16.2 Å². The summed E-state index contributed by atoms with van der Waals surface area (Å²) < 4.78 is 77.8. The third-order valence-electron chi connectivity index (χ3n) is 2.83. The van der Waals surface area contributed by atoms with Crippen LogP contribution in [0.4, 0.5) is 23.2 Å². The summed E-state index contributed by atoms with van der Waals surface area (Å²) in [5, 5.41) is 0.0710. The zero-order valence-corrected chi connectivity index (χ0v) is 13.0. The van der Waals surface area contributed by atoms with E-state index >= 15 is 0 Å². The van der Waals surface area contributed by atoms with Crippen LogP contribution in [0.3, 0.4) is 0 Å². The molecule has 0 amide bonds. The Morgan fingerprint density at radius 3 is 2.43 bits per heavy atom. The van der Waals surface area contributed by atoms with Gasteiger partial charge in [0.05, 0.1) is 11.3 Å². The first kappa shape index (κ1) is 17.5. The van der Waals surface area contributed by atoms with E-state index in [9.17, 15) is 26.0 Å². The Kier molecular flexibility index (Phi) is 4.54. The normalized spacial score (nSPS) is 12.3. The third kappa shape index (κ3) is 3.91. The highest BCUT2D eigenvalue weighted by atomic mass is 35.5. The molecule has 0 saturated heterocycles. The van der Waals surface area contributed by atoms with E-state index in [1.165, 1.54) is 6.92 Å². The second-order valence-electron chi connectivity index (χ2n) is 4.57. The number of nitrogens with one attached hydrogen (secondary N) is 1. The molecule has 1 heterocycles. The van der Waals surface area contributed by atoms with Crippen molar-refractivity contribution in [3.8, 4) is 0 Å². The van der Waals surface area contributed by atoms with Crippen molar-refractivity contribution in [2.45, 2.75) is 18.0 Å². The molecule has 23 heavy (non-hydrogen) atoms. The number of benzene rings is 1. The van der Waals surface area contributed by atoms with Crippen molar-refractivity contribution in [1.82, 2.24) is 4.98 Å². The van der Waals surface area contributed by atoms with Crippen LogP contribution in [-0.4, -0.2) is 13.4 Å². The number of hydrogen-bond acceptors (Lipinski definition) is 3. The van der Waals surface area contributed by atoms with Crippen LogP contribution in [0.1, 0.15) is 11.1 Å². The van der Waals surface area contributed by atoms with Crippen molar-refractivity contribution < 1.29 is 26.0 Å². The van der Waals surface area contributed by atoms with Crippen LogP contribution >= 0.6 is 11.6 Å². The molecule has 0 atom stereocenters. The molecule has 0 aliphatic rings. The average Bonchev–Trinajstić information content (AvgIpc) is 2.42. The Bertz CT molecular complexity index is 854. The summed E-state index contributed by atoms with van der Waals surface area (Å²) in [5.74, 6) is -1.13. The summed E-state index contributed by atoms with van der Waals surface area (Å²) in [6, 6.07) is 2.79. The van der Waals surface area contributed by atoms with Crippen LogP contribution in [0, 0.1) is 12.7 Å². The average molecular weight is 369 g/mol. The van der Waals surface area contributed by atoms with E-state index in [1.54, 1.807) is 4.72 Å². The number of aromatic nitrogens is 1. The number of rotatable bonds is 3. The minimum Gasteiger partial charge on any atom is -0.279 e. The second kappa shape index (κ2) is 5.97. The van der Waals surface area contributed by atoms with Gasteiger partial charge in [-0.2, -0.15) is 13.2 Å². The van der Waals surface area contributed by atoms with Crippen LogP contribution in [0.2, 0.25) is 5.15 Å². The number of nitrogens with zero attached hydrogens (tertiary/aromatic N) is 1. The van der Waals surface area contributed by atoms with E-state index in [0.717, 1.165) is 18.3 Å². The summed E-state index contributed by atoms with van der Waals surface area (Å²) in [6.45, 7) is 1.49. The molecule has 0 spiro atoms. The lowest BCUT2D eigenvalue weighted by atomic mass is 10.2. The summed E-state index contributed by atoms with van der Waals surface area (Å²) in [7, 11) is -4.34. The third-order valence-corrected chi connectivity index (χ3v) is 4.56. The molecular formula is C13H9ClF4N2O2S. The lowest BCUT2D eigenvalue weighted by Crippen LogP contribution is -2.17. The molecule has 2 rings (SSSR count). The first-order valence-electron chi connectivity index (χ1n) is 6.02. The Labute approximate surface area is 134 Å². The fourth-order valence-corrected chi connectivity index (χ4v) is 2.94. The van der Waals surface area contributed by atoms with E-state index in [2.05, 4.69) is 4.98 Å². The molecular weight excluding hydrogens is 360 g/mol. The summed E-state index contributed by atoms with van der Waals surface area (Å²) in [5.41, 5.74) is -1.88. The molecule has 0 fully saturated rings. The first-order chi connectivity index (χ1) is 10.5. The Hall–Kier alpha value is -1.87. The van der Waals surface area contributed by atoms with Crippen molar-refractivity contribution >= 4 is 27.3 Å². The summed E-state index contributed by atoms with van der Waals surface area (Å²) in [4.78, 5) is 3.27. The molecule has 0 saturated carbocycles. The van der Waals surface area contributed by atoms with Gasteiger partial charge in [0.25, 0.3) is 10.0 Å². The minimum atomic E-state index is -4.92. The zero-order chi connectivity index (χ0) is 17.4. The monoisotopic (exact) mass is 368 g/mol. The summed E-state index contributed by atoms with van der Waals surface area (Å²) >= 11 is 5.68. The minimum absolute atomic E-state index is 0.0710. The molecule has 4 nitrogen and oxygen atoms in total. The van der Waals surface area contributed by atoms with Gasteiger partial charge in [-0.25, -0.2) is 17.8 Å². The maximum absolute atomic E-state index is 13.0. The Morgan fingerprint density at radius 2 is 1.87 bits per heavy atom. The van der Waals surface area contributed by atoms with Crippen LogP contribution < -0.4 is 4.72 Å². The Morgan fingerprint density at radius 1 is 1.22 bits per heavy atom. The predicted octanol–water partition coefficient (Wildman–Crippen LogP) is 4.00. The van der Waals surface area contributed by atoms with Gasteiger partial charge < -0.3 is 0 Å². The van der Waals surface area contributed by atoms with Crippen LogP contribution in [0.15, 0.2) is 35.4 Å². The SMILES string of the molecule is Cc1cc(S(=O)(=O)Nc2ccc(F)cc2C(F)(F)F)cnc1Cl. The van der Waals surface area contributed by atoms with Crippen molar-refractivity contribution in [3.05, 3.63) is 52.6 Å². The molecule has 0 aliphatic heterocycles. The summed E-state index contributed by atoms with van der Waals surface area (Å²) in [6.07, 6.45) is -4.01. The molecule has 10 heteroatoms. The van der Waals surface area contributed by atoms with Crippen molar-refractivity contribution in [2.24, 2.45) is 0 Å². The van der Waals surface area contributed by atoms with Gasteiger partial charge in [-0.15, -0.1) is 0 Å². The number of anilines is 1. The van der Waals surface area contributed by atoms with Crippen LogP contribution in [0.5, 0.6) is 0 Å². The van der Waals surface area contributed by atoms with Gasteiger partial charge in [-0.05, 0) is 36.8 Å². The molecule has 124 valence electrons. The van der Waals surface area contributed by atoms with Crippen LogP contribution in [0.25, 0.3) is 0 Å². The van der Waals surface area contributed by atoms with E-state index in [0.29, 0.717) is 11.6 Å². The molecule has 0 bridgehead atoms. The number of halogens is 5. The number of aryl methyl sites for hydroxylation is 1. The molecule has 1 aromatic heterocycles. The van der Waals surface area contributed by atoms with E-state index in [4.69, 9.17) is 11.6 Å². The molecule has 0 aliphatic carbocycles. The zero-order valence-electron chi connectivity index (χ0n) is 11.4. The predicted molar refractivity (Wildman–Crippen MR) is 76.2 cm³/mol. The maximum atomic E-state index is 13.0. The second-order valence-corrected chi connectivity index (χ2v) is 6.61. The highest BCUT2D eigenvalue weighted by molar-refractivity contribution is 7.92. The number of sulfonamides is 1. The largest absolute Gasteiger partial charge is 0.418 e. The van der Waals surface area contributed by atoms with Gasteiger partial charge in [0, 0.05) is 6.20 Å². The van der Waals surface area contributed by atoms with Crippen molar-refractivity contribution in [1.29, 1.82) is 0 Å². The smallest absolute Gasteiger partial charge is 0.279 e. The van der Waals surface area contributed by atoms with Gasteiger partial charge in [0.1, 0.15) is 15.9 Å². The maximum Gasteiger partial charge on any atom is 0.418 e. The van der Waals surface area contributed by atoms with Gasteiger partial charge in [-0.1, -0.05) is 11.6 Å². The topological polar surface area (TPSA) is 59.1 Å². The van der Waals surface area contributed by atoms with E-state index < -0.39 is 33.3 Å².